The Morgan fingerprint density at radius 1 is 1.53 bits per heavy atom. The Balaban J connectivity index is 2.52. The molecule has 1 atom stereocenters. The summed E-state index contributed by atoms with van der Waals surface area (Å²) in [4.78, 5) is 23.7. The predicted octanol–water partition coefficient (Wildman–Crippen LogP) is 0.344. The maximum absolute atomic E-state index is 11.7. The molecule has 5 nitrogen and oxygen atoms in total. The summed E-state index contributed by atoms with van der Waals surface area (Å²) in [5.74, 6) is -0.739. The van der Waals surface area contributed by atoms with Crippen LogP contribution in [0.5, 0.6) is 0 Å². The lowest BCUT2D eigenvalue weighted by molar-refractivity contribution is -0.149. The molecule has 0 spiro atoms. The van der Waals surface area contributed by atoms with E-state index in [9.17, 15) is 9.59 Å². The molecule has 5 heteroatoms. The number of hydrogen-bond donors (Lipinski definition) is 1. The lowest BCUT2D eigenvalue weighted by atomic mass is 10.3. The highest BCUT2D eigenvalue weighted by Crippen LogP contribution is 2.29. The van der Waals surface area contributed by atoms with Crippen LogP contribution in [0.1, 0.15) is 19.8 Å². The first-order valence-electron chi connectivity index (χ1n) is 5.08. The molecule has 1 unspecified atom stereocenters. The minimum absolute atomic E-state index is 0.233. The molecule has 0 aromatic carbocycles. The molecule has 0 bridgehead atoms. The van der Waals surface area contributed by atoms with Crippen molar-refractivity contribution in [1.29, 1.82) is 0 Å². The summed E-state index contributed by atoms with van der Waals surface area (Å²) in [5, 5.41) is 8.69. The molecule has 1 aliphatic rings. The average Bonchev–Trinajstić information content (AvgIpc) is 2.97. The van der Waals surface area contributed by atoms with Crippen LogP contribution in [0.15, 0.2) is 0 Å². The number of carbonyl (C=O) groups is 2. The molecular formula is C10H17NO4. The van der Waals surface area contributed by atoms with E-state index in [1.807, 2.05) is 0 Å². The molecular weight excluding hydrogens is 198 g/mol. The molecule has 0 aliphatic heterocycles. The van der Waals surface area contributed by atoms with Crippen molar-refractivity contribution in [3.63, 3.8) is 0 Å². The first-order chi connectivity index (χ1) is 7.04. The van der Waals surface area contributed by atoms with Crippen LogP contribution in [0.4, 0.5) is 0 Å². The molecule has 1 N–H and O–H groups in total. The van der Waals surface area contributed by atoms with Gasteiger partial charge in [0.05, 0.1) is 0 Å². The Morgan fingerprint density at radius 3 is 2.53 bits per heavy atom. The Morgan fingerprint density at radius 2 is 2.13 bits per heavy atom. The Hall–Kier alpha value is -1.10. The van der Waals surface area contributed by atoms with Gasteiger partial charge < -0.3 is 14.7 Å². The summed E-state index contributed by atoms with van der Waals surface area (Å²) >= 11 is 0. The smallest absolute Gasteiger partial charge is 0.323 e. The highest BCUT2D eigenvalue weighted by atomic mass is 16.5. The minimum atomic E-state index is -0.979. The third kappa shape index (κ3) is 3.87. The van der Waals surface area contributed by atoms with Gasteiger partial charge in [0.25, 0.3) is 5.91 Å². The molecule has 1 fully saturated rings. The Bertz CT molecular complexity index is 250. The zero-order valence-corrected chi connectivity index (χ0v) is 9.10. The number of ether oxygens (including phenoxy) is 1. The van der Waals surface area contributed by atoms with Gasteiger partial charge in [0.15, 0.2) is 0 Å². The predicted molar refractivity (Wildman–Crippen MR) is 53.4 cm³/mol. The van der Waals surface area contributed by atoms with Crippen molar-refractivity contribution in [2.75, 3.05) is 20.2 Å². The highest BCUT2D eigenvalue weighted by molar-refractivity contribution is 5.84. The minimum Gasteiger partial charge on any atom is -0.480 e. The van der Waals surface area contributed by atoms with Gasteiger partial charge in [-0.25, -0.2) is 0 Å². The lowest BCUT2D eigenvalue weighted by Crippen LogP contribution is -2.42. The van der Waals surface area contributed by atoms with E-state index in [2.05, 4.69) is 0 Å². The maximum atomic E-state index is 11.7. The van der Waals surface area contributed by atoms with Gasteiger partial charge in [-0.1, -0.05) is 0 Å². The molecule has 0 saturated heterocycles. The zero-order chi connectivity index (χ0) is 11.4. The van der Waals surface area contributed by atoms with E-state index < -0.39 is 12.1 Å². The third-order valence-corrected chi connectivity index (χ3v) is 2.51. The Kier molecular flexibility index (Phi) is 4.08. The molecule has 1 rings (SSSR count). The number of amides is 1. The third-order valence-electron chi connectivity index (χ3n) is 2.51. The molecule has 1 amide bonds. The highest BCUT2D eigenvalue weighted by Gasteiger charge is 2.29. The number of aliphatic carboxylic acids is 1. The number of nitrogens with zero attached hydrogens (tertiary/aromatic N) is 1. The van der Waals surface area contributed by atoms with E-state index in [0.717, 1.165) is 12.8 Å². The number of rotatable bonds is 6. The van der Waals surface area contributed by atoms with Crippen molar-refractivity contribution >= 4 is 11.9 Å². The lowest BCUT2D eigenvalue weighted by Gasteiger charge is -2.23. The van der Waals surface area contributed by atoms with Crippen molar-refractivity contribution in [3.05, 3.63) is 0 Å². The van der Waals surface area contributed by atoms with E-state index in [1.165, 1.54) is 12.0 Å². The quantitative estimate of drug-likeness (QED) is 0.694. The first-order valence-corrected chi connectivity index (χ1v) is 5.08. The van der Waals surface area contributed by atoms with Crippen molar-refractivity contribution in [2.24, 2.45) is 5.92 Å². The van der Waals surface area contributed by atoms with Crippen molar-refractivity contribution in [2.45, 2.75) is 25.9 Å². The van der Waals surface area contributed by atoms with Crippen LogP contribution in [0, 0.1) is 5.92 Å². The largest absolute Gasteiger partial charge is 0.480 e. The summed E-state index contributed by atoms with van der Waals surface area (Å²) in [5.41, 5.74) is 0. The molecule has 1 saturated carbocycles. The first kappa shape index (κ1) is 12.0. The summed E-state index contributed by atoms with van der Waals surface area (Å²) in [6.45, 7) is 1.94. The number of carboxylic acids is 1. The van der Waals surface area contributed by atoms with Crippen molar-refractivity contribution in [3.8, 4) is 0 Å². The maximum Gasteiger partial charge on any atom is 0.323 e. The number of carboxylic acid groups (broad SMARTS) is 1. The second-order valence-electron chi connectivity index (χ2n) is 3.93. The van der Waals surface area contributed by atoms with Gasteiger partial charge in [-0.05, 0) is 25.7 Å². The van der Waals surface area contributed by atoms with Crippen LogP contribution < -0.4 is 0 Å². The van der Waals surface area contributed by atoms with Crippen LogP contribution in [-0.2, 0) is 14.3 Å². The molecule has 0 radical (unpaired) electrons. The summed E-state index contributed by atoms with van der Waals surface area (Å²) in [6, 6.07) is 0. The number of hydrogen-bond acceptors (Lipinski definition) is 3. The van der Waals surface area contributed by atoms with E-state index in [-0.39, 0.29) is 12.5 Å². The van der Waals surface area contributed by atoms with Crippen molar-refractivity contribution < 1.29 is 19.4 Å². The number of methoxy groups -OCH3 is 1. The summed E-state index contributed by atoms with van der Waals surface area (Å²) in [7, 11) is 1.44. The van der Waals surface area contributed by atoms with Crippen LogP contribution in [-0.4, -0.2) is 48.2 Å². The van der Waals surface area contributed by atoms with Gasteiger partial charge in [0, 0.05) is 13.7 Å². The summed E-state index contributed by atoms with van der Waals surface area (Å²) in [6.07, 6.45) is 1.61. The molecule has 0 heterocycles. The standard InChI is InChI=1S/C10H17NO4/c1-7(15-2)10(14)11(6-9(12)13)5-8-3-4-8/h7-8H,3-6H2,1-2H3,(H,12,13). The Labute approximate surface area is 89.0 Å². The van der Waals surface area contributed by atoms with E-state index in [4.69, 9.17) is 9.84 Å². The molecule has 0 aromatic rings. The van der Waals surface area contributed by atoms with Gasteiger partial charge >= 0.3 is 5.97 Å². The molecule has 0 aromatic heterocycles. The monoisotopic (exact) mass is 215 g/mol. The number of carbonyl (C=O) groups excluding carboxylic acids is 1. The topological polar surface area (TPSA) is 66.8 Å². The fourth-order valence-electron chi connectivity index (χ4n) is 1.37. The zero-order valence-electron chi connectivity index (χ0n) is 9.10. The van der Waals surface area contributed by atoms with Crippen LogP contribution >= 0.6 is 0 Å². The van der Waals surface area contributed by atoms with Crippen LogP contribution in [0.2, 0.25) is 0 Å². The molecule has 15 heavy (non-hydrogen) atoms. The normalized spacial score (nSPS) is 17.2. The second-order valence-corrected chi connectivity index (χ2v) is 3.93. The van der Waals surface area contributed by atoms with Gasteiger partial charge in [-0.2, -0.15) is 0 Å². The second kappa shape index (κ2) is 5.11. The van der Waals surface area contributed by atoms with Crippen LogP contribution in [0.25, 0.3) is 0 Å². The van der Waals surface area contributed by atoms with E-state index >= 15 is 0 Å². The van der Waals surface area contributed by atoms with E-state index in [1.54, 1.807) is 6.92 Å². The fraction of sp³-hybridized carbons (Fsp3) is 0.800. The van der Waals surface area contributed by atoms with Crippen molar-refractivity contribution in [1.82, 2.24) is 4.90 Å². The van der Waals surface area contributed by atoms with Crippen LogP contribution in [0.3, 0.4) is 0 Å². The van der Waals surface area contributed by atoms with Gasteiger partial charge in [-0.3, -0.25) is 9.59 Å². The molecule has 86 valence electrons. The fourth-order valence-corrected chi connectivity index (χ4v) is 1.37. The SMILES string of the molecule is COC(C)C(=O)N(CC(=O)O)CC1CC1. The molecule has 1 aliphatic carbocycles. The van der Waals surface area contributed by atoms with Gasteiger partial charge in [-0.15, -0.1) is 0 Å². The van der Waals surface area contributed by atoms with Gasteiger partial charge in [0.2, 0.25) is 0 Å². The van der Waals surface area contributed by atoms with Gasteiger partial charge in [0.1, 0.15) is 12.6 Å². The average molecular weight is 215 g/mol. The summed E-state index contributed by atoms with van der Waals surface area (Å²) < 4.78 is 4.89. The van der Waals surface area contributed by atoms with E-state index in [0.29, 0.717) is 12.5 Å².